The lowest BCUT2D eigenvalue weighted by molar-refractivity contribution is 0.593. The number of hydrogen-bond donors (Lipinski definition) is 2. The van der Waals surface area contributed by atoms with Gasteiger partial charge in [0.25, 0.3) is 0 Å². The van der Waals surface area contributed by atoms with Gasteiger partial charge in [-0.1, -0.05) is 13.0 Å². The minimum Gasteiger partial charge on any atom is -0.398 e. The van der Waals surface area contributed by atoms with Crippen LogP contribution in [-0.4, -0.2) is 13.7 Å². The predicted octanol–water partition coefficient (Wildman–Crippen LogP) is 1.62. The summed E-state index contributed by atoms with van der Waals surface area (Å²) in [5, 5.41) is 7.69. The average Bonchev–Trinajstić information content (AvgIpc) is 2.24. The van der Waals surface area contributed by atoms with E-state index in [-0.39, 0.29) is 6.42 Å². The monoisotopic (exact) mass is 253 g/mol. The van der Waals surface area contributed by atoms with Crippen LogP contribution in [0.4, 0.5) is 11.4 Å². The molecule has 0 spiro atoms. The zero-order valence-electron chi connectivity index (χ0n) is 9.77. The Morgan fingerprint density at radius 1 is 1.53 bits per heavy atom. The lowest BCUT2D eigenvalue weighted by Crippen LogP contribution is -2.25. The Hall–Kier alpha value is -1.74. The van der Waals surface area contributed by atoms with Crippen LogP contribution in [0.25, 0.3) is 0 Å². The third-order valence-electron chi connectivity index (χ3n) is 2.43. The molecule has 1 rings (SSSR count). The maximum Gasteiger partial charge on any atom is 0.249 e. The summed E-state index contributed by atoms with van der Waals surface area (Å²) in [6.07, 6.45) is 0.243. The van der Waals surface area contributed by atoms with Gasteiger partial charge in [-0.2, -0.15) is 5.26 Å². The van der Waals surface area contributed by atoms with Crippen LogP contribution in [0.3, 0.4) is 0 Å². The standard InChI is InChI=1S/C11H15N3O2S/c1-3-10(7-12)17(15,16)14-9-5-4-8(2)11(13)6-9/h4-6,10,14H,3,13H2,1-2H3. The maximum absolute atomic E-state index is 11.8. The molecule has 1 unspecified atom stereocenters. The highest BCUT2D eigenvalue weighted by Gasteiger charge is 2.23. The Kier molecular flexibility index (Phi) is 3.97. The molecule has 0 aromatic heterocycles. The molecule has 1 atom stereocenters. The Bertz CT molecular complexity index is 546. The summed E-state index contributed by atoms with van der Waals surface area (Å²) < 4.78 is 25.9. The van der Waals surface area contributed by atoms with Crippen molar-refractivity contribution in [3.8, 4) is 6.07 Å². The summed E-state index contributed by atoms with van der Waals surface area (Å²) in [6, 6.07) is 6.64. The molecule has 0 fully saturated rings. The van der Waals surface area contributed by atoms with Crippen LogP contribution in [0.15, 0.2) is 18.2 Å². The van der Waals surface area contributed by atoms with Gasteiger partial charge in [-0.15, -0.1) is 0 Å². The molecule has 0 aliphatic carbocycles. The third kappa shape index (κ3) is 3.11. The number of nitrogen functional groups attached to an aromatic ring is 1. The number of anilines is 2. The van der Waals surface area contributed by atoms with Crippen molar-refractivity contribution in [2.24, 2.45) is 0 Å². The second-order valence-electron chi connectivity index (χ2n) is 3.74. The third-order valence-corrected chi connectivity index (χ3v) is 4.14. The van der Waals surface area contributed by atoms with Gasteiger partial charge in [0.05, 0.1) is 11.8 Å². The van der Waals surface area contributed by atoms with E-state index in [0.717, 1.165) is 5.56 Å². The van der Waals surface area contributed by atoms with E-state index in [1.54, 1.807) is 25.1 Å². The molecule has 1 aromatic rings. The van der Waals surface area contributed by atoms with Gasteiger partial charge in [0.1, 0.15) is 0 Å². The fraction of sp³-hybridized carbons (Fsp3) is 0.364. The van der Waals surface area contributed by atoms with Gasteiger partial charge in [-0.3, -0.25) is 4.72 Å². The maximum atomic E-state index is 11.8. The van der Waals surface area contributed by atoms with Crippen molar-refractivity contribution in [2.45, 2.75) is 25.5 Å². The summed E-state index contributed by atoms with van der Waals surface area (Å²) in [5.41, 5.74) is 7.44. The second kappa shape index (κ2) is 5.06. The smallest absolute Gasteiger partial charge is 0.249 e. The van der Waals surface area contributed by atoms with Gasteiger partial charge >= 0.3 is 0 Å². The fourth-order valence-corrected chi connectivity index (χ4v) is 2.49. The van der Waals surface area contributed by atoms with E-state index in [1.807, 2.05) is 6.92 Å². The summed E-state index contributed by atoms with van der Waals surface area (Å²) in [4.78, 5) is 0. The summed E-state index contributed by atoms with van der Waals surface area (Å²) in [5.74, 6) is 0. The van der Waals surface area contributed by atoms with Gasteiger partial charge in [-0.25, -0.2) is 8.42 Å². The highest BCUT2D eigenvalue weighted by atomic mass is 32.2. The molecule has 1 aromatic carbocycles. The summed E-state index contributed by atoms with van der Waals surface area (Å²) in [6.45, 7) is 3.48. The van der Waals surface area contributed by atoms with E-state index in [1.165, 1.54) is 6.07 Å². The Morgan fingerprint density at radius 2 is 2.18 bits per heavy atom. The Morgan fingerprint density at radius 3 is 2.65 bits per heavy atom. The van der Waals surface area contributed by atoms with E-state index >= 15 is 0 Å². The lowest BCUT2D eigenvalue weighted by Gasteiger charge is -2.12. The number of nitriles is 1. The van der Waals surface area contributed by atoms with Crippen molar-refractivity contribution < 1.29 is 8.42 Å². The fourth-order valence-electron chi connectivity index (χ4n) is 1.32. The average molecular weight is 253 g/mol. The molecule has 0 saturated heterocycles. The molecule has 0 aliphatic heterocycles. The number of nitrogens with two attached hydrogens (primary N) is 1. The quantitative estimate of drug-likeness (QED) is 0.797. The summed E-state index contributed by atoms with van der Waals surface area (Å²) in [7, 11) is -3.67. The minimum atomic E-state index is -3.67. The first-order chi connectivity index (χ1) is 7.90. The van der Waals surface area contributed by atoms with E-state index in [0.29, 0.717) is 11.4 Å². The SMILES string of the molecule is CCC(C#N)S(=O)(=O)Nc1ccc(C)c(N)c1. The number of nitrogens with zero attached hydrogens (tertiary/aromatic N) is 1. The zero-order valence-corrected chi connectivity index (χ0v) is 10.6. The van der Waals surface area contributed by atoms with Crippen molar-refractivity contribution in [1.29, 1.82) is 5.26 Å². The van der Waals surface area contributed by atoms with E-state index in [4.69, 9.17) is 11.0 Å². The van der Waals surface area contributed by atoms with Crippen LogP contribution in [0.2, 0.25) is 0 Å². The highest BCUT2D eigenvalue weighted by Crippen LogP contribution is 2.19. The van der Waals surface area contributed by atoms with Crippen LogP contribution in [0.1, 0.15) is 18.9 Å². The molecular weight excluding hydrogens is 238 g/mol. The van der Waals surface area contributed by atoms with E-state index in [2.05, 4.69) is 4.72 Å². The van der Waals surface area contributed by atoms with Gasteiger partial charge in [0, 0.05) is 5.69 Å². The lowest BCUT2D eigenvalue weighted by atomic mass is 10.2. The van der Waals surface area contributed by atoms with Crippen molar-refractivity contribution >= 4 is 21.4 Å². The van der Waals surface area contributed by atoms with Crippen LogP contribution >= 0.6 is 0 Å². The molecule has 0 aliphatic rings. The van der Waals surface area contributed by atoms with Crippen LogP contribution in [-0.2, 0) is 10.0 Å². The van der Waals surface area contributed by atoms with Crippen LogP contribution in [0.5, 0.6) is 0 Å². The molecule has 3 N–H and O–H groups in total. The molecule has 17 heavy (non-hydrogen) atoms. The van der Waals surface area contributed by atoms with Crippen LogP contribution in [0, 0.1) is 18.3 Å². The molecule has 0 saturated carbocycles. The number of nitrogens with one attached hydrogen (secondary N) is 1. The van der Waals surface area contributed by atoms with E-state index < -0.39 is 15.3 Å². The number of aryl methyl sites for hydroxylation is 1. The minimum absolute atomic E-state index is 0.243. The molecule has 0 bridgehead atoms. The van der Waals surface area contributed by atoms with Gasteiger partial charge < -0.3 is 5.73 Å². The number of benzene rings is 1. The van der Waals surface area contributed by atoms with Crippen molar-refractivity contribution in [2.75, 3.05) is 10.5 Å². The van der Waals surface area contributed by atoms with Crippen molar-refractivity contribution in [1.82, 2.24) is 0 Å². The Balaban J connectivity index is 2.99. The second-order valence-corrected chi connectivity index (χ2v) is 5.61. The number of rotatable bonds is 4. The molecule has 0 amide bonds. The zero-order chi connectivity index (χ0) is 13.1. The first-order valence-electron chi connectivity index (χ1n) is 5.18. The first-order valence-corrected chi connectivity index (χ1v) is 6.72. The highest BCUT2D eigenvalue weighted by molar-refractivity contribution is 7.93. The number of hydrogen-bond acceptors (Lipinski definition) is 4. The summed E-state index contributed by atoms with van der Waals surface area (Å²) >= 11 is 0. The van der Waals surface area contributed by atoms with Gasteiger partial charge in [-0.05, 0) is 31.0 Å². The van der Waals surface area contributed by atoms with Crippen molar-refractivity contribution in [3.05, 3.63) is 23.8 Å². The number of sulfonamides is 1. The largest absolute Gasteiger partial charge is 0.398 e. The van der Waals surface area contributed by atoms with Gasteiger partial charge in [0.15, 0.2) is 5.25 Å². The molecule has 6 heteroatoms. The molecule has 0 radical (unpaired) electrons. The van der Waals surface area contributed by atoms with Crippen molar-refractivity contribution in [3.63, 3.8) is 0 Å². The first kappa shape index (κ1) is 13.3. The molecule has 5 nitrogen and oxygen atoms in total. The molecule has 0 heterocycles. The predicted molar refractivity (Wildman–Crippen MR) is 67.8 cm³/mol. The topological polar surface area (TPSA) is 96.0 Å². The van der Waals surface area contributed by atoms with Crippen LogP contribution < -0.4 is 10.5 Å². The van der Waals surface area contributed by atoms with Gasteiger partial charge in [0.2, 0.25) is 10.0 Å². The molecule has 92 valence electrons. The van der Waals surface area contributed by atoms with E-state index in [9.17, 15) is 8.42 Å². The Labute approximate surface area is 101 Å². The molecular formula is C11H15N3O2S. The normalized spacial score (nSPS) is 12.8.